The lowest BCUT2D eigenvalue weighted by Gasteiger charge is -2.25. The van der Waals surface area contributed by atoms with Gasteiger partial charge < -0.3 is 9.47 Å². The fraction of sp³-hybridized carbons (Fsp3) is 0.579. The van der Waals surface area contributed by atoms with Gasteiger partial charge in [-0.15, -0.1) is 0 Å². The summed E-state index contributed by atoms with van der Waals surface area (Å²) < 4.78 is 49.8. The van der Waals surface area contributed by atoms with E-state index in [1.165, 1.54) is 7.11 Å². The highest BCUT2D eigenvalue weighted by atomic mass is 19.4. The Kier molecular flexibility index (Phi) is 4.62. The summed E-state index contributed by atoms with van der Waals surface area (Å²) >= 11 is 0. The third kappa shape index (κ3) is 3.16. The summed E-state index contributed by atoms with van der Waals surface area (Å²) in [5, 5.41) is 0. The minimum absolute atomic E-state index is 0.191. The number of aromatic nitrogens is 1. The molecule has 1 aromatic rings. The molecular formula is C19H18F3NO5. The monoisotopic (exact) mass is 397 g/mol. The van der Waals surface area contributed by atoms with Crippen molar-refractivity contribution in [2.24, 2.45) is 17.8 Å². The second-order valence-electron chi connectivity index (χ2n) is 7.46. The molecule has 150 valence electrons. The molecule has 1 aromatic heterocycles. The number of halogens is 3. The van der Waals surface area contributed by atoms with Crippen molar-refractivity contribution in [3.05, 3.63) is 29.1 Å². The largest absolute Gasteiger partial charge is 0.433 e. The Morgan fingerprint density at radius 3 is 2.32 bits per heavy atom. The molecule has 1 aliphatic heterocycles. The van der Waals surface area contributed by atoms with E-state index < -0.39 is 47.3 Å². The molecule has 2 heterocycles. The van der Waals surface area contributed by atoms with Crippen molar-refractivity contribution in [2.45, 2.75) is 37.6 Å². The number of pyridine rings is 1. The topological polar surface area (TPSA) is 85.9 Å². The molecule has 2 saturated carbocycles. The van der Waals surface area contributed by atoms with Gasteiger partial charge in [-0.05, 0) is 31.4 Å². The number of carbonyl (C=O) groups excluding carboxylic acids is 3. The van der Waals surface area contributed by atoms with E-state index in [-0.39, 0.29) is 29.7 Å². The first-order valence-corrected chi connectivity index (χ1v) is 9.06. The predicted octanol–water partition coefficient (Wildman–Crippen LogP) is 2.55. The molecule has 0 amide bonds. The summed E-state index contributed by atoms with van der Waals surface area (Å²) in [6.45, 7) is 0.259. The lowest BCUT2D eigenvalue weighted by molar-refractivity contribution is -0.141. The fourth-order valence-electron chi connectivity index (χ4n) is 4.25. The van der Waals surface area contributed by atoms with E-state index in [0.29, 0.717) is 25.3 Å². The molecule has 4 unspecified atom stereocenters. The molecule has 4 rings (SSSR count). The van der Waals surface area contributed by atoms with Crippen LogP contribution in [0, 0.1) is 17.8 Å². The van der Waals surface area contributed by atoms with E-state index in [2.05, 4.69) is 4.98 Å². The van der Waals surface area contributed by atoms with Gasteiger partial charge in [0.05, 0.1) is 12.3 Å². The number of hydrogen-bond acceptors (Lipinski definition) is 6. The predicted molar refractivity (Wildman–Crippen MR) is 87.4 cm³/mol. The molecule has 1 saturated heterocycles. The minimum atomic E-state index is -4.71. The number of nitrogens with zero attached hydrogens (tertiary/aromatic N) is 1. The zero-order valence-electron chi connectivity index (χ0n) is 15.0. The number of fused-ring (bicyclic) bond motifs is 2. The molecule has 2 bridgehead atoms. The Balaban J connectivity index is 1.76. The summed E-state index contributed by atoms with van der Waals surface area (Å²) in [4.78, 5) is 42.0. The molecule has 0 aromatic carbocycles. The van der Waals surface area contributed by atoms with Gasteiger partial charge in [-0.3, -0.25) is 14.4 Å². The Hall–Kier alpha value is -2.13. The van der Waals surface area contributed by atoms with Gasteiger partial charge >= 0.3 is 6.18 Å². The molecule has 0 spiro atoms. The Morgan fingerprint density at radius 2 is 1.82 bits per heavy atom. The average molecular weight is 397 g/mol. The summed E-state index contributed by atoms with van der Waals surface area (Å²) in [7, 11) is 1.28. The van der Waals surface area contributed by atoms with Crippen LogP contribution in [-0.4, -0.2) is 42.2 Å². The van der Waals surface area contributed by atoms with Gasteiger partial charge in [0.2, 0.25) is 0 Å². The van der Waals surface area contributed by atoms with Gasteiger partial charge in [0, 0.05) is 24.5 Å². The van der Waals surface area contributed by atoms with E-state index in [1.807, 2.05) is 0 Å². The zero-order chi connectivity index (χ0) is 20.2. The second-order valence-corrected chi connectivity index (χ2v) is 7.46. The van der Waals surface area contributed by atoms with Gasteiger partial charge in [-0.1, -0.05) is 0 Å². The highest BCUT2D eigenvalue weighted by molar-refractivity contribution is 6.26. The van der Waals surface area contributed by atoms with E-state index in [1.54, 1.807) is 0 Å². The number of ketones is 3. The minimum Gasteiger partial charge on any atom is -0.372 e. The molecule has 3 aliphatic rings. The van der Waals surface area contributed by atoms with Gasteiger partial charge in [0.1, 0.15) is 23.8 Å². The van der Waals surface area contributed by atoms with Crippen LogP contribution in [-0.2, 0) is 25.2 Å². The van der Waals surface area contributed by atoms with Crippen LogP contribution >= 0.6 is 0 Å². The van der Waals surface area contributed by atoms with E-state index >= 15 is 0 Å². The first kappa shape index (κ1) is 19.2. The lowest BCUT2D eigenvalue weighted by Crippen LogP contribution is -2.42. The fourth-order valence-corrected chi connectivity index (χ4v) is 4.25. The number of alkyl halides is 3. The second kappa shape index (κ2) is 6.73. The highest BCUT2D eigenvalue weighted by Gasteiger charge is 2.51. The molecule has 28 heavy (non-hydrogen) atoms. The van der Waals surface area contributed by atoms with E-state index in [0.717, 1.165) is 6.07 Å². The number of hydrogen-bond donors (Lipinski definition) is 0. The Labute approximate surface area is 158 Å². The van der Waals surface area contributed by atoms with Gasteiger partial charge in [0.15, 0.2) is 17.3 Å². The summed E-state index contributed by atoms with van der Waals surface area (Å²) in [6, 6.07) is 1.67. The van der Waals surface area contributed by atoms with Crippen LogP contribution in [0.25, 0.3) is 0 Å². The first-order valence-electron chi connectivity index (χ1n) is 9.06. The van der Waals surface area contributed by atoms with E-state index in [9.17, 15) is 27.6 Å². The molecule has 6 nitrogen and oxygen atoms in total. The van der Waals surface area contributed by atoms with Gasteiger partial charge in [0.25, 0.3) is 0 Å². The summed E-state index contributed by atoms with van der Waals surface area (Å²) in [5.74, 6) is -3.83. The van der Waals surface area contributed by atoms with Crippen LogP contribution in [0.3, 0.4) is 0 Å². The van der Waals surface area contributed by atoms with Gasteiger partial charge in [-0.25, -0.2) is 4.98 Å². The maximum Gasteiger partial charge on any atom is 0.433 e. The molecular weight excluding hydrogens is 379 g/mol. The maximum absolute atomic E-state index is 13.1. The third-order valence-electron chi connectivity index (χ3n) is 5.77. The summed E-state index contributed by atoms with van der Waals surface area (Å²) in [6.07, 6.45) is -4.65. The molecule has 3 fully saturated rings. The number of carbonyl (C=O) groups is 3. The number of Topliss-reactive ketones (excluding diaryl/α,β-unsaturated/α-hetero) is 3. The van der Waals surface area contributed by atoms with Crippen LogP contribution in [0.1, 0.15) is 47.1 Å². The van der Waals surface area contributed by atoms with Crippen LogP contribution < -0.4 is 0 Å². The standard InChI is InChI=1S/C19H18F3NO5/c1-27-18(11-7-28-11)14-10(4-5-12(23-14)19(20,21)22)17(26)13-15(24)8-2-3-9(6-8)16(13)25/h4-5,8-9,11,13,18H,2-3,6-7H2,1H3. The number of methoxy groups -OCH3 is 1. The number of ether oxygens (including phenoxy) is 2. The average Bonchev–Trinajstić information content (AvgIpc) is 3.37. The third-order valence-corrected chi connectivity index (χ3v) is 5.77. The van der Waals surface area contributed by atoms with Crippen LogP contribution in [0.4, 0.5) is 13.2 Å². The van der Waals surface area contributed by atoms with Crippen molar-refractivity contribution < 1.29 is 37.0 Å². The quantitative estimate of drug-likeness (QED) is 0.431. The van der Waals surface area contributed by atoms with E-state index in [4.69, 9.17) is 9.47 Å². The van der Waals surface area contributed by atoms with Crippen molar-refractivity contribution in [3.8, 4) is 0 Å². The highest BCUT2D eigenvalue weighted by Crippen LogP contribution is 2.42. The van der Waals surface area contributed by atoms with Crippen molar-refractivity contribution in [2.75, 3.05) is 13.7 Å². The van der Waals surface area contributed by atoms with Crippen molar-refractivity contribution in [1.82, 2.24) is 4.98 Å². The number of rotatable bonds is 5. The Morgan fingerprint density at radius 1 is 1.21 bits per heavy atom. The first-order chi connectivity index (χ1) is 13.2. The van der Waals surface area contributed by atoms with Gasteiger partial charge in [-0.2, -0.15) is 13.2 Å². The van der Waals surface area contributed by atoms with Crippen LogP contribution in [0.5, 0.6) is 0 Å². The normalized spacial score (nSPS) is 30.4. The molecule has 0 N–H and O–H groups in total. The zero-order valence-corrected chi connectivity index (χ0v) is 15.0. The van der Waals surface area contributed by atoms with Crippen molar-refractivity contribution in [1.29, 1.82) is 0 Å². The molecule has 9 heteroatoms. The molecule has 2 aliphatic carbocycles. The lowest BCUT2D eigenvalue weighted by atomic mass is 9.75. The maximum atomic E-state index is 13.1. The van der Waals surface area contributed by atoms with Crippen LogP contribution in [0.2, 0.25) is 0 Å². The smallest absolute Gasteiger partial charge is 0.372 e. The van der Waals surface area contributed by atoms with Crippen molar-refractivity contribution in [3.63, 3.8) is 0 Å². The Bertz CT molecular complexity index is 826. The SMILES string of the molecule is COC(c1nc(C(F)(F)F)ccc1C(=O)C1C(=O)C2CCC(C2)C1=O)C1CO1. The molecule has 0 radical (unpaired) electrons. The molecule has 4 atom stereocenters. The summed E-state index contributed by atoms with van der Waals surface area (Å²) in [5.41, 5.74) is -1.62. The number of epoxide rings is 1. The van der Waals surface area contributed by atoms with Crippen LogP contribution in [0.15, 0.2) is 12.1 Å². The van der Waals surface area contributed by atoms with Crippen molar-refractivity contribution >= 4 is 17.3 Å².